The maximum absolute atomic E-state index is 12.1. The number of carbonyl (C=O) groups is 1. The summed E-state index contributed by atoms with van der Waals surface area (Å²) in [6.45, 7) is 1.97. The molecule has 0 saturated heterocycles. The van der Waals surface area contributed by atoms with Gasteiger partial charge in [0.15, 0.2) is 0 Å². The highest BCUT2D eigenvalue weighted by Crippen LogP contribution is 2.26. The molecular weight excluding hydrogens is 374 g/mol. The summed E-state index contributed by atoms with van der Waals surface area (Å²) in [4.78, 5) is 12.1. The normalized spacial score (nSPS) is 10.3. The van der Waals surface area contributed by atoms with Crippen molar-refractivity contribution in [3.63, 3.8) is 0 Å². The Morgan fingerprint density at radius 3 is 2.58 bits per heavy atom. The van der Waals surface area contributed by atoms with Gasteiger partial charge >= 0.3 is 0 Å². The fraction of sp³-hybridized carbons (Fsp3) is 0.0714. The van der Waals surface area contributed by atoms with E-state index < -0.39 is 0 Å². The Kier molecular flexibility index (Phi) is 4.27. The van der Waals surface area contributed by atoms with Crippen LogP contribution in [0.5, 0.6) is 5.75 Å². The number of anilines is 1. The third kappa shape index (κ3) is 3.36. The smallest absolute Gasteiger partial charge is 0.259 e. The van der Waals surface area contributed by atoms with Crippen LogP contribution in [0.3, 0.4) is 0 Å². The minimum Gasteiger partial charge on any atom is -0.507 e. The Morgan fingerprint density at radius 2 is 1.89 bits per heavy atom. The Hall–Kier alpha value is -1.33. The summed E-state index contributed by atoms with van der Waals surface area (Å²) in [5, 5.41) is 12.5. The monoisotopic (exact) mass is 383 g/mol. The van der Waals surface area contributed by atoms with E-state index in [0.29, 0.717) is 5.69 Å². The van der Waals surface area contributed by atoms with Crippen molar-refractivity contribution in [3.8, 4) is 5.75 Å². The van der Waals surface area contributed by atoms with Crippen LogP contribution >= 0.6 is 31.9 Å². The van der Waals surface area contributed by atoms with Gasteiger partial charge in [-0.25, -0.2) is 0 Å². The lowest BCUT2D eigenvalue weighted by Gasteiger charge is -2.09. The van der Waals surface area contributed by atoms with Crippen LogP contribution in [0.15, 0.2) is 45.3 Å². The van der Waals surface area contributed by atoms with E-state index in [0.717, 1.165) is 14.5 Å². The summed E-state index contributed by atoms with van der Waals surface area (Å²) in [5.74, 6) is -0.410. The van der Waals surface area contributed by atoms with Crippen LogP contribution in [-0.4, -0.2) is 11.0 Å². The highest BCUT2D eigenvalue weighted by atomic mass is 79.9. The third-order valence-corrected chi connectivity index (χ3v) is 3.73. The molecule has 2 rings (SSSR count). The molecule has 0 aromatic heterocycles. The number of aromatic hydroxyl groups is 1. The number of carbonyl (C=O) groups excluding carboxylic acids is 1. The molecule has 2 N–H and O–H groups in total. The lowest BCUT2D eigenvalue weighted by atomic mass is 10.1. The number of hydrogen-bond donors (Lipinski definition) is 2. The van der Waals surface area contributed by atoms with Crippen LogP contribution < -0.4 is 5.32 Å². The topological polar surface area (TPSA) is 49.3 Å². The van der Waals surface area contributed by atoms with E-state index in [-0.39, 0.29) is 17.2 Å². The van der Waals surface area contributed by atoms with E-state index in [1.54, 1.807) is 12.1 Å². The summed E-state index contributed by atoms with van der Waals surface area (Å²) < 4.78 is 1.54. The number of phenols is 1. The van der Waals surface area contributed by atoms with Crippen LogP contribution in [-0.2, 0) is 0 Å². The molecule has 5 heteroatoms. The van der Waals surface area contributed by atoms with Gasteiger partial charge in [0, 0.05) is 8.95 Å². The van der Waals surface area contributed by atoms with E-state index in [1.165, 1.54) is 6.07 Å². The molecule has 1 amide bonds. The molecule has 0 bridgehead atoms. The molecule has 0 radical (unpaired) electrons. The number of hydrogen-bond acceptors (Lipinski definition) is 2. The first-order valence-electron chi connectivity index (χ1n) is 5.53. The molecule has 3 nitrogen and oxygen atoms in total. The number of phenolic OH excluding ortho intramolecular Hbond substituents is 1. The van der Waals surface area contributed by atoms with Crippen molar-refractivity contribution in [2.45, 2.75) is 6.92 Å². The van der Waals surface area contributed by atoms with E-state index >= 15 is 0 Å². The van der Waals surface area contributed by atoms with E-state index in [9.17, 15) is 9.90 Å². The molecule has 2 aromatic rings. The van der Waals surface area contributed by atoms with Gasteiger partial charge in [-0.2, -0.15) is 0 Å². The van der Waals surface area contributed by atoms with Gasteiger partial charge in [0.25, 0.3) is 5.91 Å². The second-order valence-corrected chi connectivity index (χ2v) is 5.87. The highest BCUT2D eigenvalue weighted by Gasteiger charge is 2.13. The number of amides is 1. The molecule has 2 aromatic carbocycles. The Bertz CT molecular complexity index is 641. The van der Waals surface area contributed by atoms with Crippen LogP contribution in [0.4, 0.5) is 5.69 Å². The number of nitrogens with one attached hydrogen (secondary N) is 1. The van der Waals surface area contributed by atoms with Crippen LogP contribution in [0.1, 0.15) is 15.9 Å². The molecule has 19 heavy (non-hydrogen) atoms. The summed E-state index contributed by atoms with van der Waals surface area (Å²) in [5.41, 5.74) is 1.98. The predicted molar refractivity (Wildman–Crippen MR) is 82.6 cm³/mol. The largest absolute Gasteiger partial charge is 0.507 e. The number of benzene rings is 2. The molecule has 98 valence electrons. The Morgan fingerprint density at radius 1 is 1.16 bits per heavy atom. The fourth-order valence-electron chi connectivity index (χ4n) is 1.60. The predicted octanol–water partition coefficient (Wildman–Crippen LogP) is 4.48. The molecule has 0 heterocycles. The molecule has 0 unspecified atom stereocenters. The standard InChI is InChI=1S/C14H11Br2NO2/c1-8-2-4-12(11(16)6-8)17-14(19)10-7-9(15)3-5-13(10)18/h2-7,18H,1H3,(H,17,19). The zero-order chi connectivity index (χ0) is 14.0. The quantitative estimate of drug-likeness (QED) is 0.801. The van der Waals surface area contributed by atoms with E-state index in [2.05, 4.69) is 37.2 Å². The highest BCUT2D eigenvalue weighted by molar-refractivity contribution is 9.10. The number of halogens is 2. The first kappa shape index (κ1) is 14.1. The molecule has 0 spiro atoms. The SMILES string of the molecule is Cc1ccc(NC(=O)c2cc(Br)ccc2O)c(Br)c1. The van der Waals surface area contributed by atoms with Crippen molar-refractivity contribution in [2.75, 3.05) is 5.32 Å². The molecule has 0 aliphatic carbocycles. The summed E-state index contributed by atoms with van der Waals surface area (Å²) >= 11 is 6.67. The molecule has 0 saturated carbocycles. The average Bonchev–Trinajstić information content (AvgIpc) is 2.35. The van der Waals surface area contributed by atoms with Gasteiger partial charge in [0.05, 0.1) is 11.3 Å². The zero-order valence-electron chi connectivity index (χ0n) is 10.1. The van der Waals surface area contributed by atoms with Gasteiger partial charge in [-0.05, 0) is 58.7 Å². The molecule has 0 aliphatic heterocycles. The van der Waals surface area contributed by atoms with Crippen molar-refractivity contribution in [3.05, 3.63) is 56.5 Å². The van der Waals surface area contributed by atoms with Gasteiger partial charge < -0.3 is 10.4 Å². The Balaban J connectivity index is 2.28. The van der Waals surface area contributed by atoms with E-state index in [1.807, 2.05) is 25.1 Å². The zero-order valence-corrected chi connectivity index (χ0v) is 13.2. The minimum absolute atomic E-state index is 0.0519. The van der Waals surface area contributed by atoms with Crippen molar-refractivity contribution in [2.24, 2.45) is 0 Å². The molecular formula is C14H11Br2NO2. The van der Waals surface area contributed by atoms with Crippen molar-refractivity contribution < 1.29 is 9.90 Å². The molecule has 0 aliphatic rings. The maximum atomic E-state index is 12.1. The maximum Gasteiger partial charge on any atom is 0.259 e. The van der Waals surface area contributed by atoms with Crippen LogP contribution in [0, 0.1) is 6.92 Å². The van der Waals surface area contributed by atoms with Gasteiger partial charge in [0.1, 0.15) is 5.75 Å². The van der Waals surface area contributed by atoms with Gasteiger partial charge in [-0.15, -0.1) is 0 Å². The van der Waals surface area contributed by atoms with E-state index in [4.69, 9.17) is 0 Å². The second kappa shape index (κ2) is 5.75. The Labute approximate surface area is 127 Å². The van der Waals surface area contributed by atoms with Gasteiger partial charge in [-0.1, -0.05) is 22.0 Å². The summed E-state index contributed by atoms with van der Waals surface area (Å²) in [7, 11) is 0. The summed E-state index contributed by atoms with van der Waals surface area (Å²) in [6, 6.07) is 10.4. The first-order chi connectivity index (χ1) is 8.97. The molecule has 0 fully saturated rings. The lowest BCUT2D eigenvalue weighted by molar-refractivity contribution is 0.102. The van der Waals surface area contributed by atoms with Crippen molar-refractivity contribution in [1.82, 2.24) is 0 Å². The first-order valence-corrected chi connectivity index (χ1v) is 7.12. The fourth-order valence-corrected chi connectivity index (χ4v) is 2.55. The second-order valence-electron chi connectivity index (χ2n) is 4.10. The van der Waals surface area contributed by atoms with Crippen molar-refractivity contribution >= 4 is 43.5 Å². The van der Waals surface area contributed by atoms with Crippen LogP contribution in [0.2, 0.25) is 0 Å². The molecule has 0 atom stereocenters. The van der Waals surface area contributed by atoms with Crippen LogP contribution in [0.25, 0.3) is 0 Å². The lowest BCUT2D eigenvalue weighted by Crippen LogP contribution is -2.12. The van der Waals surface area contributed by atoms with Crippen molar-refractivity contribution in [1.29, 1.82) is 0 Å². The van der Waals surface area contributed by atoms with Gasteiger partial charge in [0.2, 0.25) is 0 Å². The number of rotatable bonds is 2. The number of aryl methyl sites for hydroxylation is 1. The average molecular weight is 385 g/mol. The minimum atomic E-state index is -0.358. The van der Waals surface area contributed by atoms with Gasteiger partial charge in [-0.3, -0.25) is 4.79 Å². The summed E-state index contributed by atoms with van der Waals surface area (Å²) in [6.07, 6.45) is 0. The third-order valence-electron chi connectivity index (χ3n) is 2.58.